The molecule has 6 atom stereocenters. The molecule has 4 aromatic carbocycles. The molecule has 0 bridgehead atoms. The molecule has 3 fully saturated rings. The number of phenolic OH excluding ortho intramolecular Hbond substituents is 1. The van der Waals surface area contributed by atoms with E-state index in [0.717, 1.165) is 4.90 Å². The summed E-state index contributed by atoms with van der Waals surface area (Å²) in [6.45, 7) is 0. The molecule has 5 aromatic rings. The fourth-order valence-corrected chi connectivity index (χ4v) is 10.4. The molecule has 4 amide bonds. The number of aromatic nitrogens is 1. The summed E-state index contributed by atoms with van der Waals surface area (Å²) in [6.07, 6.45) is 0.951. The predicted molar refractivity (Wildman–Crippen MR) is 237 cm³/mol. The zero-order valence-corrected chi connectivity index (χ0v) is 36.4. The molecule has 12 nitrogen and oxygen atoms in total. The maximum Gasteiger partial charge on any atom is 0.417 e. The van der Waals surface area contributed by atoms with E-state index >= 15 is 9.59 Å². The fourth-order valence-electron chi connectivity index (χ4n) is 10.0. The second kappa shape index (κ2) is 16.8. The minimum absolute atomic E-state index is 0.0802. The van der Waals surface area contributed by atoms with Gasteiger partial charge in [0.05, 0.1) is 53.7 Å². The lowest BCUT2D eigenvalue weighted by atomic mass is 9.50. The Bertz CT molecular complexity index is 2870. The highest BCUT2D eigenvalue weighted by Gasteiger charge is 2.69. The number of hydrogen-bond acceptors (Lipinski definition) is 10. The number of ether oxygens (including phenoxy) is 2. The maximum atomic E-state index is 15.5. The first kappa shape index (κ1) is 44.2. The average Bonchev–Trinajstić information content (AvgIpc) is 3.69. The van der Waals surface area contributed by atoms with Crippen molar-refractivity contribution in [2.45, 2.75) is 24.4 Å². The number of phenols is 1. The number of methoxy groups -OCH3 is 2. The molecule has 66 heavy (non-hydrogen) atoms. The molecule has 3 heterocycles. The molecule has 2 aliphatic carbocycles. The van der Waals surface area contributed by atoms with E-state index in [1.807, 2.05) is 6.08 Å². The standard InChI is InChI=1S/C49H37Cl2F3N4O8/c1-65-38-20-25(21-39(66-2)42(38)60)8-19-35-32-17-18-33-40(46(63)57(44(33)61)31-15-9-27(10-16-31)41(59)26-6-4-3-5-7-26)34(32)23-36-45(62)58(47(64)48(35,36)28-11-13-30(50)14-12-28)56-43-37(51)22-29(24-55-43)49(52,53)54/h3-17,19-22,24,33-36,40,60H,18,23H2,1-2H3,(H,55,56). The molecule has 0 radical (unpaired) electrons. The smallest absolute Gasteiger partial charge is 0.417 e. The molecule has 2 N–H and O–H groups in total. The SMILES string of the molecule is COc1cc(C=CC2C3=CCC4C(=O)N(c5ccc(C(=O)c6ccccc6)cc5)C(=O)C4C3CC3C(=O)N(Nc4ncc(C(F)(F)F)cc4Cl)C(=O)C23c2ccc(Cl)cc2)cc(OC)c1O. The molecular weight excluding hydrogens is 900 g/mol. The number of rotatable bonds is 10. The number of amides is 4. The molecule has 2 saturated heterocycles. The number of carbonyl (C=O) groups excluding carboxylic acids is 5. The Kier molecular flexibility index (Phi) is 11.3. The van der Waals surface area contributed by atoms with Gasteiger partial charge >= 0.3 is 6.18 Å². The number of carbonyl (C=O) groups is 5. The summed E-state index contributed by atoms with van der Waals surface area (Å²) in [5.74, 6) is -8.17. The zero-order valence-electron chi connectivity index (χ0n) is 34.9. The van der Waals surface area contributed by atoms with Gasteiger partial charge in [0, 0.05) is 28.3 Å². The highest BCUT2D eigenvalue weighted by Crippen LogP contribution is 2.62. The maximum absolute atomic E-state index is 15.5. The van der Waals surface area contributed by atoms with Crippen molar-refractivity contribution in [1.82, 2.24) is 9.99 Å². The number of allylic oxidation sites excluding steroid dienone is 3. The van der Waals surface area contributed by atoms with E-state index in [-0.39, 0.29) is 41.6 Å². The van der Waals surface area contributed by atoms with Gasteiger partial charge in [-0.25, -0.2) is 4.98 Å². The number of fused-ring (bicyclic) bond motifs is 4. The molecule has 1 aromatic heterocycles. The van der Waals surface area contributed by atoms with Crippen LogP contribution in [0.2, 0.25) is 10.0 Å². The molecule has 4 aliphatic rings. The van der Waals surface area contributed by atoms with E-state index in [0.29, 0.717) is 50.1 Å². The van der Waals surface area contributed by atoms with Crippen molar-refractivity contribution in [2.75, 3.05) is 24.5 Å². The third kappa shape index (κ3) is 7.17. The van der Waals surface area contributed by atoms with Crippen LogP contribution in [0.25, 0.3) is 6.08 Å². The molecule has 1 saturated carbocycles. The van der Waals surface area contributed by atoms with Crippen LogP contribution < -0.4 is 19.8 Å². The molecule has 336 valence electrons. The number of hydrogen-bond donors (Lipinski definition) is 2. The lowest BCUT2D eigenvalue weighted by Crippen LogP contribution is -2.54. The predicted octanol–water partition coefficient (Wildman–Crippen LogP) is 9.10. The van der Waals surface area contributed by atoms with E-state index in [1.165, 1.54) is 26.4 Å². The topological polar surface area (TPSA) is 155 Å². The van der Waals surface area contributed by atoms with Gasteiger partial charge in [-0.15, -0.1) is 0 Å². The van der Waals surface area contributed by atoms with Crippen molar-refractivity contribution in [3.8, 4) is 17.2 Å². The van der Waals surface area contributed by atoms with E-state index in [1.54, 1.807) is 91.0 Å². The number of hydrazine groups is 1. The van der Waals surface area contributed by atoms with Crippen LogP contribution in [-0.2, 0) is 30.8 Å². The summed E-state index contributed by atoms with van der Waals surface area (Å²) in [5, 5.41) is 11.2. The monoisotopic (exact) mass is 936 g/mol. The number of alkyl halides is 3. The van der Waals surface area contributed by atoms with Gasteiger partial charge in [-0.2, -0.15) is 18.2 Å². The van der Waals surface area contributed by atoms with Gasteiger partial charge in [0.15, 0.2) is 23.1 Å². The van der Waals surface area contributed by atoms with Crippen LogP contribution in [0.4, 0.5) is 24.7 Å². The summed E-state index contributed by atoms with van der Waals surface area (Å²) >= 11 is 12.7. The van der Waals surface area contributed by atoms with E-state index in [4.69, 9.17) is 32.7 Å². The summed E-state index contributed by atoms with van der Waals surface area (Å²) in [4.78, 5) is 77.8. The van der Waals surface area contributed by atoms with Crippen LogP contribution in [0.3, 0.4) is 0 Å². The van der Waals surface area contributed by atoms with Crippen molar-refractivity contribution in [3.63, 3.8) is 0 Å². The highest BCUT2D eigenvalue weighted by atomic mass is 35.5. The van der Waals surface area contributed by atoms with Crippen molar-refractivity contribution in [3.05, 3.63) is 159 Å². The van der Waals surface area contributed by atoms with Crippen molar-refractivity contribution in [1.29, 1.82) is 0 Å². The van der Waals surface area contributed by atoms with Crippen LogP contribution in [0, 0.1) is 29.6 Å². The molecular formula is C49H37Cl2F3N4O8. The number of anilines is 2. The van der Waals surface area contributed by atoms with Gasteiger partial charge in [-0.3, -0.25) is 34.3 Å². The lowest BCUT2D eigenvalue weighted by molar-refractivity contribution is -0.139. The van der Waals surface area contributed by atoms with Crippen LogP contribution in [-0.4, -0.2) is 58.7 Å². The van der Waals surface area contributed by atoms with Gasteiger partial charge in [0.1, 0.15) is 0 Å². The Morgan fingerprint density at radius 1 is 0.864 bits per heavy atom. The zero-order chi connectivity index (χ0) is 46.8. The number of nitrogens with one attached hydrogen (secondary N) is 1. The third-order valence-corrected chi connectivity index (χ3v) is 13.6. The number of ketones is 1. The number of imide groups is 2. The highest BCUT2D eigenvalue weighted by molar-refractivity contribution is 6.33. The van der Waals surface area contributed by atoms with E-state index < -0.39 is 81.2 Å². The lowest BCUT2D eigenvalue weighted by Gasteiger charge is -2.49. The third-order valence-electron chi connectivity index (χ3n) is 13.0. The Hall–Kier alpha value is -6.97. The average molecular weight is 938 g/mol. The molecule has 6 unspecified atom stereocenters. The van der Waals surface area contributed by atoms with E-state index in [2.05, 4.69) is 10.4 Å². The molecule has 9 rings (SSSR count). The fraction of sp³-hybridized carbons (Fsp3) is 0.224. The van der Waals surface area contributed by atoms with Crippen LogP contribution >= 0.6 is 23.2 Å². The van der Waals surface area contributed by atoms with E-state index in [9.17, 15) is 32.7 Å². The minimum atomic E-state index is -4.78. The summed E-state index contributed by atoms with van der Waals surface area (Å²) in [6, 6.07) is 24.9. The Morgan fingerprint density at radius 3 is 2.14 bits per heavy atom. The second-order valence-electron chi connectivity index (χ2n) is 16.4. The van der Waals surface area contributed by atoms with Gasteiger partial charge < -0.3 is 14.6 Å². The summed E-state index contributed by atoms with van der Waals surface area (Å²) < 4.78 is 51.6. The van der Waals surface area contributed by atoms with Gasteiger partial charge in [0.2, 0.25) is 17.6 Å². The Labute approximate surface area is 385 Å². The van der Waals surface area contributed by atoms with Crippen LogP contribution in [0.5, 0.6) is 17.2 Å². The number of aromatic hydroxyl groups is 1. The van der Waals surface area contributed by atoms with Crippen molar-refractivity contribution in [2.24, 2.45) is 29.6 Å². The number of pyridine rings is 1. The number of halogens is 5. The van der Waals surface area contributed by atoms with Crippen LogP contribution in [0.15, 0.2) is 121 Å². The van der Waals surface area contributed by atoms with Crippen molar-refractivity contribution >= 4 is 70.2 Å². The second-order valence-corrected chi connectivity index (χ2v) is 17.2. The van der Waals surface area contributed by atoms with Crippen molar-refractivity contribution < 1.29 is 51.7 Å². The largest absolute Gasteiger partial charge is 0.502 e. The summed E-state index contributed by atoms with van der Waals surface area (Å²) in [7, 11) is 2.72. The first-order valence-corrected chi connectivity index (χ1v) is 21.4. The molecule has 0 spiro atoms. The molecule has 2 aliphatic heterocycles. The molecule has 17 heteroatoms. The van der Waals surface area contributed by atoms with Gasteiger partial charge in [-0.05, 0) is 84.5 Å². The number of nitrogens with zero attached hydrogens (tertiary/aromatic N) is 3. The first-order valence-electron chi connectivity index (χ1n) is 20.6. The normalized spacial score (nSPS) is 23.7. The Morgan fingerprint density at radius 2 is 1.52 bits per heavy atom. The van der Waals surface area contributed by atoms with Gasteiger partial charge in [-0.1, -0.05) is 89.5 Å². The quantitative estimate of drug-likeness (QED) is 0.0787. The Balaban J connectivity index is 1.16. The van der Waals surface area contributed by atoms with Gasteiger partial charge in [0.25, 0.3) is 11.8 Å². The number of benzene rings is 4. The van der Waals surface area contributed by atoms with Crippen LogP contribution in [0.1, 0.15) is 45.5 Å². The summed E-state index contributed by atoms with van der Waals surface area (Å²) in [5.41, 5.74) is 2.18. The minimum Gasteiger partial charge on any atom is -0.502 e. The first-order chi connectivity index (χ1) is 31.6.